The van der Waals surface area contributed by atoms with E-state index in [1.807, 2.05) is 30.3 Å². The smallest absolute Gasteiger partial charge is 0.338 e. The molecular formula is C24H26O3. The van der Waals surface area contributed by atoms with Crippen LogP contribution in [-0.4, -0.2) is 18.2 Å². The van der Waals surface area contributed by atoms with Crippen molar-refractivity contribution in [3.63, 3.8) is 0 Å². The standard InChI is InChI=1S/C24H26O3/c1-27-23(26)20-5-3-2-4-19(20)18-6-7-22(25)21(11-18)24-12-15-8-16(13-24)10-17(9-15)14-24/h2-7,11,15-17,25H,8-10,12-14H2,1H3. The second-order valence-corrected chi connectivity index (χ2v) is 8.97. The number of carbonyl (C=O) groups is 1. The Bertz CT molecular complexity index is 863. The quantitative estimate of drug-likeness (QED) is 0.752. The number of phenols is 1. The fourth-order valence-electron chi connectivity index (χ4n) is 6.59. The Morgan fingerprint density at radius 2 is 1.63 bits per heavy atom. The summed E-state index contributed by atoms with van der Waals surface area (Å²) in [5.41, 5.74) is 3.64. The van der Waals surface area contributed by atoms with Crippen molar-refractivity contribution >= 4 is 5.97 Å². The topological polar surface area (TPSA) is 46.5 Å². The van der Waals surface area contributed by atoms with Gasteiger partial charge in [-0.1, -0.05) is 24.3 Å². The fourth-order valence-corrected chi connectivity index (χ4v) is 6.59. The molecule has 0 saturated heterocycles. The molecule has 6 rings (SSSR count). The second-order valence-electron chi connectivity index (χ2n) is 8.97. The summed E-state index contributed by atoms with van der Waals surface area (Å²) < 4.78 is 4.96. The van der Waals surface area contributed by atoms with Crippen LogP contribution >= 0.6 is 0 Å². The van der Waals surface area contributed by atoms with Crippen molar-refractivity contribution in [3.8, 4) is 16.9 Å². The molecule has 0 amide bonds. The average Bonchev–Trinajstić information content (AvgIpc) is 2.66. The molecule has 0 atom stereocenters. The highest BCUT2D eigenvalue weighted by Crippen LogP contribution is 2.62. The second kappa shape index (κ2) is 6.12. The Balaban J connectivity index is 1.60. The minimum atomic E-state index is -0.324. The molecule has 2 aromatic carbocycles. The molecule has 4 aliphatic rings. The molecule has 0 radical (unpaired) electrons. The number of hydrogen-bond donors (Lipinski definition) is 1. The van der Waals surface area contributed by atoms with Crippen LogP contribution in [0, 0.1) is 17.8 Å². The monoisotopic (exact) mass is 362 g/mol. The summed E-state index contributed by atoms with van der Waals surface area (Å²) in [6.07, 6.45) is 7.75. The van der Waals surface area contributed by atoms with Gasteiger partial charge in [0.15, 0.2) is 0 Å². The average molecular weight is 362 g/mol. The van der Waals surface area contributed by atoms with Crippen LogP contribution in [0.1, 0.15) is 54.4 Å². The Kier molecular flexibility index (Phi) is 3.82. The minimum Gasteiger partial charge on any atom is -0.508 e. The summed E-state index contributed by atoms with van der Waals surface area (Å²) in [6.45, 7) is 0. The number of benzene rings is 2. The molecular weight excluding hydrogens is 336 g/mol. The molecule has 1 N–H and O–H groups in total. The Morgan fingerprint density at radius 1 is 1.00 bits per heavy atom. The molecule has 3 heteroatoms. The van der Waals surface area contributed by atoms with E-state index in [4.69, 9.17) is 4.74 Å². The summed E-state index contributed by atoms with van der Waals surface area (Å²) in [6, 6.07) is 13.4. The highest BCUT2D eigenvalue weighted by Gasteiger charge is 2.52. The van der Waals surface area contributed by atoms with Gasteiger partial charge in [-0.25, -0.2) is 4.79 Å². The van der Waals surface area contributed by atoms with Gasteiger partial charge in [0.25, 0.3) is 0 Å². The number of rotatable bonds is 3. The molecule has 0 spiro atoms. The van der Waals surface area contributed by atoms with E-state index in [2.05, 4.69) is 6.07 Å². The number of hydrogen-bond acceptors (Lipinski definition) is 3. The van der Waals surface area contributed by atoms with E-state index in [0.717, 1.165) is 34.4 Å². The lowest BCUT2D eigenvalue weighted by Crippen LogP contribution is -2.48. The molecule has 0 aliphatic heterocycles. The van der Waals surface area contributed by atoms with Crippen molar-refractivity contribution in [3.05, 3.63) is 53.6 Å². The van der Waals surface area contributed by atoms with Crippen molar-refractivity contribution in [2.45, 2.75) is 43.9 Å². The summed E-state index contributed by atoms with van der Waals surface area (Å²) in [5.74, 6) is 2.55. The molecule has 4 bridgehead atoms. The van der Waals surface area contributed by atoms with Gasteiger partial charge in [0, 0.05) is 5.56 Å². The molecule has 0 aromatic heterocycles. The van der Waals surface area contributed by atoms with Gasteiger partial charge in [-0.3, -0.25) is 0 Å². The largest absolute Gasteiger partial charge is 0.508 e. The number of phenolic OH excluding ortho intramolecular Hbond substituents is 1. The Morgan fingerprint density at radius 3 is 2.26 bits per heavy atom. The van der Waals surface area contributed by atoms with E-state index in [0.29, 0.717) is 11.3 Å². The van der Waals surface area contributed by atoms with Crippen LogP contribution in [0.5, 0.6) is 5.75 Å². The van der Waals surface area contributed by atoms with Crippen LogP contribution in [-0.2, 0) is 10.2 Å². The van der Waals surface area contributed by atoms with E-state index in [1.54, 1.807) is 6.07 Å². The number of carbonyl (C=O) groups excluding carboxylic acids is 1. The Hall–Kier alpha value is -2.29. The van der Waals surface area contributed by atoms with Crippen LogP contribution in [0.2, 0.25) is 0 Å². The first-order valence-electron chi connectivity index (χ1n) is 10.1. The van der Waals surface area contributed by atoms with Gasteiger partial charge in [0.2, 0.25) is 0 Å². The van der Waals surface area contributed by atoms with E-state index in [-0.39, 0.29) is 11.4 Å². The molecule has 0 unspecified atom stereocenters. The molecule has 3 nitrogen and oxygen atoms in total. The zero-order valence-corrected chi connectivity index (χ0v) is 15.8. The van der Waals surface area contributed by atoms with E-state index in [1.165, 1.54) is 45.6 Å². The molecule has 140 valence electrons. The van der Waals surface area contributed by atoms with Crippen LogP contribution in [0.15, 0.2) is 42.5 Å². The fraction of sp³-hybridized carbons (Fsp3) is 0.458. The summed E-state index contributed by atoms with van der Waals surface area (Å²) in [7, 11) is 1.41. The third-order valence-electron chi connectivity index (χ3n) is 7.25. The minimum absolute atomic E-state index is 0.120. The van der Waals surface area contributed by atoms with Crippen molar-refractivity contribution in [1.82, 2.24) is 0 Å². The van der Waals surface area contributed by atoms with Crippen LogP contribution < -0.4 is 0 Å². The highest BCUT2D eigenvalue weighted by atomic mass is 16.5. The zero-order chi connectivity index (χ0) is 18.6. The number of ether oxygens (including phenoxy) is 1. The lowest BCUT2D eigenvalue weighted by Gasteiger charge is -2.57. The zero-order valence-electron chi connectivity index (χ0n) is 15.8. The number of aromatic hydroxyl groups is 1. The van der Waals surface area contributed by atoms with E-state index in [9.17, 15) is 9.90 Å². The number of esters is 1. The molecule has 27 heavy (non-hydrogen) atoms. The van der Waals surface area contributed by atoms with Gasteiger partial charge in [0.05, 0.1) is 12.7 Å². The van der Waals surface area contributed by atoms with Gasteiger partial charge in [-0.05, 0) is 91.0 Å². The van der Waals surface area contributed by atoms with Crippen molar-refractivity contribution in [1.29, 1.82) is 0 Å². The predicted octanol–water partition coefficient (Wildman–Crippen LogP) is 5.31. The maximum Gasteiger partial charge on any atom is 0.338 e. The van der Waals surface area contributed by atoms with Gasteiger partial charge in [-0.2, -0.15) is 0 Å². The predicted molar refractivity (Wildman–Crippen MR) is 105 cm³/mol. The van der Waals surface area contributed by atoms with Gasteiger partial charge >= 0.3 is 5.97 Å². The van der Waals surface area contributed by atoms with Crippen LogP contribution in [0.3, 0.4) is 0 Å². The summed E-state index contributed by atoms with van der Waals surface area (Å²) >= 11 is 0. The maximum absolute atomic E-state index is 12.2. The van der Waals surface area contributed by atoms with Gasteiger partial charge in [0.1, 0.15) is 5.75 Å². The lowest BCUT2D eigenvalue weighted by molar-refractivity contribution is -0.00611. The van der Waals surface area contributed by atoms with Gasteiger partial charge in [-0.15, -0.1) is 0 Å². The van der Waals surface area contributed by atoms with Gasteiger partial charge < -0.3 is 9.84 Å². The summed E-state index contributed by atoms with van der Waals surface area (Å²) in [5, 5.41) is 10.8. The molecule has 2 aromatic rings. The van der Waals surface area contributed by atoms with E-state index < -0.39 is 0 Å². The first-order chi connectivity index (χ1) is 13.1. The first kappa shape index (κ1) is 16.9. The van der Waals surface area contributed by atoms with Crippen molar-refractivity contribution in [2.75, 3.05) is 7.11 Å². The van der Waals surface area contributed by atoms with Crippen molar-refractivity contribution < 1.29 is 14.6 Å². The normalized spacial score (nSPS) is 31.1. The Labute approximate surface area is 160 Å². The molecule has 0 heterocycles. The molecule has 4 saturated carbocycles. The number of methoxy groups -OCH3 is 1. The third-order valence-corrected chi connectivity index (χ3v) is 7.25. The third kappa shape index (κ3) is 2.67. The van der Waals surface area contributed by atoms with E-state index >= 15 is 0 Å². The SMILES string of the molecule is COC(=O)c1ccccc1-c1ccc(O)c(C23CC4CC(CC(C4)C2)C3)c1. The lowest BCUT2D eigenvalue weighted by atomic mass is 9.48. The maximum atomic E-state index is 12.2. The molecule has 4 fully saturated rings. The van der Waals surface area contributed by atoms with Crippen LogP contribution in [0.4, 0.5) is 0 Å². The summed E-state index contributed by atoms with van der Waals surface area (Å²) in [4.78, 5) is 12.2. The highest BCUT2D eigenvalue weighted by molar-refractivity contribution is 5.97. The van der Waals surface area contributed by atoms with Crippen LogP contribution in [0.25, 0.3) is 11.1 Å². The first-order valence-corrected chi connectivity index (χ1v) is 10.1. The molecule has 4 aliphatic carbocycles. The van der Waals surface area contributed by atoms with Crippen molar-refractivity contribution in [2.24, 2.45) is 17.8 Å².